The predicted molar refractivity (Wildman–Crippen MR) is 128 cm³/mol. The van der Waals surface area contributed by atoms with Gasteiger partial charge in [-0.15, -0.1) is 0 Å². The van der Waals surface area contributed by atoms with E-state index in [4.69, 9.17) is 27.2 Å². The van der Waals surface area contributed by atoms with E-state index in [1.807, 2.05) is 36.9 Å². The Morgan fingerprint density at radius 2 is 1.94 bits per heavy atom. The number of unbranched alkanes of at least 4 members (excludes halogenated alkanes) is 1. The first-order valence-corrected chi connectivity index (χ1v) is 10.7. The number of rotatable bonds is 6. The fourth-order valence-corrected chi connectivity index (χ4v) is 3.43. The number of amides is 1. The molecule has 0 aromatic heterocycles. The molecular formula is C24H29ClN4O2. The number of carbonyl (C=O) groups excluding carboxylic acids is 1. The van der Waals surface area contributed by atoms with Crippen LogP contribution in [-0.2, 0) is 17.9 Å². The van der Waals surface area contributed by atoms with Gasteiger partial charge in [-0.05, 0) is 47.4 Å². The predicted octanol–water partition coefficient (Wildman–Crippen LogP) is 5.75. The van der Waals surface area contributed by atoms with Crippen molar-refractivity contribution < 1.29 is 9.53 Å². The van der Waals surface area contributed by atoms with E-state index in [1.54, 1.807) is 13.3 Å². The van der Waals surface area contributed by atoms with Crippen molar-refractivity contribution in [2.24, 2.45) is 4.99 Å². The third kappa shape index (κ3) is 6.76. The third-order valence-corrected chi connectivity index (χ3v) is 5.17. The zero-order valence-electron chi connectivity index (χ0n) is 18.2. The lowest BCUT2D eigenvalue weighted by molar-refractivity contribution is -0.131. The van der Waals surface area contributed by atoms with Crippen LogP contribution in [0, 0.1) is 10.8 Å². The molecule has 2 N–H and O–H groups in total. The van der Waals surface area contributed by atoms with Gasteiger partial charge in [-0.1, -0.05) is 44.0 Å². The summed E-state index contributed by atoms with van der Waals surface area (Å²) in [6.07, 6.45) is 5.05. The van der Waals surface area contributed by atoms with Gasteiger partial charge in [0.15, 0.2) is 5.84 Å². The van der Waals surface area contributed by atoms with Crippen LogP contribution in [-0.4, -0.2) is 36.2 Å². The summed E-state index contributed by atoms with van der Waals surface area (Å²) in [5, 5.41) is 14.1. The summed E-state index contributed by atoms with van der Waals surface area (Å²) in [6, 6.07) is 12.0. The SMILES string of the molecule is CCC(=O)N1Cc2ccc(-c3ccc(OC)cc3Cl)cc2C1.CCCC=NC(=N)C=N. The molecular weight excluding hydrogens is 412 g/mol. The lowest BCUT2D eigenvalue weighted by Gasteiger charge is -2.13. The van der Waals surface area contributed by atoms with Crippen molar-refractivity contribution in [3.8, 4) is 16.9 Å². The Morgan fingerprint density at radius 3 is 2.55 bits per heavy atom. The minimum atomic E-state index is 0.0171. The second-order valence-corrected chi connectivity index (χ2v) is 7.47. The molecule has 2 aromatic rings. The number of halogens is 1. The molecule has 7 heteroatoms. The van der Waals surface area contributed by atoms with E-state index >= 15 is 0 Å². The standard InChI is InChI=1S/C18H18ClNO2.C6H11N3/c1-3-18(21)20-10-13-5-4-12(8-14(13)11-20)16-7-6-15(22-2)9-17(16)19;1-2-3-4-9-6(8)5-7/h4-9H,3,10-11H2,1-2H3;4-5,7-8H,2-3H2,1H3. The Kier molecular flexibility index (Phi) is 9.40. The van der Waals surface area contributed by atoms with Gasteiger partial charge in [-0.2, -0.15) is 0 Å². The summed E-state index contributed by atoms with van der Waals surface area (Å²) >= 11 is 6.35. The van der Waals surface area contributed by atoms with E-state index < -0.39 is 0 Å². The molecule has 0 saturated carbocycles. The average Bonchev–Trinajstić information content (AvgIpc) is 3.22. The van der Waals surface area contributed by atoms with Crippen molar-refractivity contribution in [1.82, 2.24) is 4.90 Å². The van der Waals surface area contributed by atoms with Crippen LogP contribution in [0.3, 0.4) is 0 Å². The van der Waals surface area contributed by atoms with Gasteiger partial charge in [0.25, 0.3) is 0 Å². The summed E-state index contributed by atoms with van der Waals surface area (Å²) in [4.78, 5) is 17.4. The third-order valence-electron chi connectivity index (χ3n) is 4.86. The van der Waals surface area contributed by atoms with E-state index in [0.717, 1.165) is 35.9 Å². The van der Waals surface area contributed by atoms with E-state index in [1.165, 1.54) is 11.1 Å². The quantitative estimate of drug-likeness (QED) is 0.442. The minimum Gasteiger partial charge on any atom is -0.497 e. The van der Waals surface area contributed by atoms with Gasteiger partial charge in [0, 0.05) is 31.3 Å². The number of ether oxygens (including phenoxy) is 1. The molecule has 0 unspecified atom stereocenters. The number of nitrogens with zero attached hydrogens (tertiary/aromatic N) is 2. The fourth-order valence-electron chi connectivity index (χ4n) is 3.15. The molecule has 2 aromatic carbocycles. The van der Waals surface area contributed by atoms with Gasteiger partial charge < -0.3 is 15.0 Å². The molecule has 6 nitrogen and oxygen atoms in total. The highest BCUT2D eigenvalue weighted by Gasteiger charge is 2.22. The Bertz CT molecular complexity index is 972. The van der Waals surface area contributed by atoms with E-state index in [-0.39, 0.29) is 11.7 Å². The van der Waals surface area contributed by atoms with Crippen molar-refractivity contribution in [3.05, 3.63) is 52.5 Å². The maximum Gasteiger partial charge on any atom is 0.222 e. The first kappa shape index (κ1) is 24.3. The van der Waals surface area contributed by atoms with Crippen molar-refractivity contribution in [1.29, 1.82) is 10.8 Å². The molecule has 164 valence electrons. The van der Waals surface area contributed by atoms with Crippen LogP contribution < -0.4 is 4.74 Å². The molecule has 0 bridgehead atoms. The molecule has 31 heavy (non-hydrogen) atoms. The highest BCUT2D eigenvalue weighted by Crippen LogP contribution is 2.34. The van der Waals surface area contributed by atoms with Crippen LogP contribution in [0.2, 0.25) is 5.02 Å². The number of fused-ring (bicyclic) bond motifs is 1. The number of methoxy groups -OCH3 is 1. The van der Waals surface area contributed by atoms with Gasteiger partial charge in [0.1, 0.15) is 5.75 Å². The number of hydrogen-bond donors (Lipinski definition) is 2. The molecule has 3 rings (SSSR count). The fraction of sp³-hybridized carbons (Fsp3) is 0.333. The summed E-state index contributed by atoms with van der Waals surface area (Å²) in [6.45, 7) is 5.33. The Labute approximate surface area is 188 Å². The topological polar surface area (TPSA) is 89.6 Å². The first-order chi connectivity index (χ1) is 14.9. The number of hydrogen-bond acceptors (Lipinski definition) is 4. The zero-order chi connectivity index (χ0) is 22.8. The van der Waals surface area contributed by atoms with Crippen LogP contribution >= 0.6 is 11.6 Å². The van der Waals surface area contributed by atoms with Gasteiger partial charge in [0.2, 0.25) is 5.91 Å². The van der Waals surface area contributed by atoms with Crippen molar-refractivity contribution in [2.75, 3.05) is 7.11 Å². The smallest absolute Gasteiger partial charge is 0.222 e. The first-order valence-electron chi connectivity index (χ1n) is 10.3. The molecule has 0 fully saturated rings. The van der Waals surface area contributed by atoms with E-state index in [0.29, 0.717) is 24.5 Å². The van der Waals surface area contributed by atoms with Gasteiger partial charge in [-0.25, -0.2) is 4.99 Å². The summed E-state index contributed by atoms with van der Waals surface area (Å²) in [5.41, 5.74) is 4.46. The minimum absolute atomic E-state index is 0.0171. The van der Waals surface area contributed by atoms with Crippen molar-refractivity contribution in [2.45, 2.75) is 46.2 Å². The Morgan fingerprint density at radius 1 is 1.19 bits per heavy atom. The molecule has 0 spiro atoms. The lowest BCUT2D eigenvalue weighted by Crippen LogP contribution is -2.23. The number of carbonyl (C=O) groups is 1. The number of nitrogens with one attached hydrogen (secondary N) is 2. The number of amidine groups is 1. The monoisotopic (exact) mass is 440 g/mol. The van der Waals surface area contributed by atoms with E-state index in [9.17, 15) is 4.79 Å². The number of benzene rings is 2. The maximum atomic E-state index is 11.9. The molecule has 1 heterocycles. The van der Waals surface area contributed by atoms with Crippen LogP contribution in [0.4, 0.5) is 0 Å². The molecule has 1 aliphatic rings. The summed E-state index contributed by atoms with van der Waals surface area (Å²) < 4.78 is 5.18. The maximum absolute atomic E-state index is 11.9. The molecule has 0 radical (unpaired) electrons. The second kappa shape index (κ2) is 12.0. The number of aliphatic imine (C=N–C) groups is 1. The van der Waals surface area contributed by atoms with Crippen LogP contribution in [0.1, 0.15) is 44.2 Å². The van der Waals surface area contributed by atoms with Crippen LogP contribution in [0.25, 0.3) is 11.1 Å². The highest BCUT2D eigenvalue weighted by atomic mass is 35.5. The van der Waals surface area contributed by atoms with Gasteiger partial charge in [-0.3, -0.25) is 10.2 Å². The molecule has 0 saturated heterocycles. The molecule has 1 amide bonds. The van der Waals surface area contributed by atoms with E-state index in [2.05, 4.69) is 23.2 Å². The zero-order valence-corrected chi connectivity index (χ0v) is 19.0. The molecule has 0 atom stereocenters. The highest BCUT2D eigenvalue weighted by molar-refractivity contribution is 6.33. The van der Waals surface area contributed by atoms with Crippen LogP contribution in [0.15, 0.2) is 41.4 Å². The Balaban J connectivity index is 0.000000323. The Hall–Kier alpha value is -2.99. The van der Waals surface area contributed by atoms with Crippen molar-refractivity contribution >= 4 is 35.8 Å². The van der Waals surface area contributed by atoms with Crippen LogP contribution in [0.5, 0.6) is 5.75 Å². The molecule has 1 aliphatic heterocycles. The normalized spacial score (nSPS) is 12.2. The van der Waals surface area contributed by atoms with Crippen molar-refractivity contribution in [3.63, 3.8) is 0 Å². The largest absolute Gasteiger partial charge is 0.497 e. The van der Waals surface area contributed by atoms with Gasteiger partial charge in [0.05, 0.1) is 18.3 Å². The van der Waals surface area contributed by atoms with Gasteiger partial charge >= 0.3 is 0 Å². The average molecular weight is 441 g/mol. The lowest BCUT2D eigenvalue weighted by atomic mass is 10.0. The summed E-state index contributed by atoms with van der Waals surface area (Å²) in [7, 11) is 1.63. The molecule has 0 aliphatic carbocycles. The second-order valence-electron chi connectivity index (χ2n) is 7.06. The summed E-state index contributed by atoms with van der Waals surface area (Å²) in [5.74, 6) is 0.957.